The van der Waals surface area contributed by atoms with Gasteiger partial charge >= 0.3 is 0 Å². The van der Waals surface area contributed by atoms with Crippen LogP contribution >= 0.6 is 12.4 Å². The van der Waals surface area contributed by atoms with Crippen LogP contribution in [0.3, 0.4) is 0 Å². The first-order valence-corrected chi connectivity index (χ1v) is 8.67. The van der Waals surface area contributed by atoms with Crippen molar-refractivity contribution in [3.63, 3.8) is 0 Å². The fraction of sp³-hybridized carbons (Fsp3) is 0.286. The maximum Gasteiger partial charge on any atom is 0.294 e. The lowest BCUT2D eigenvalue weighted by atomic mass is 9.99. The topological polar surface area (TPSA) is 59.5 Å². The number of furan rings is 1. The SMILES string of the molecule is Cc1ccc(C)c2c(C)c(C(=O)N3CCCc4c(N)cccc43)oc12.Cl. The zero-order valence-electron chi connectivity index (χ0n) is 15.3. The van der Waals surface area contributed by atoms with Crippen LogP contribution in [0.15, 0.2) is 34.7 Å². The molecule has 136 valence electrons. The van der Waals surface area contributed by atoms with Crippen molar-refractivity contribution in [2.45, 2.75) is 33.6 Å². The number of nitrogens with two attached hydrogens (primary N) is 1. The minimum Gasteiger partial charge on any atom is -0.450 e. The molecule has 0 fully saturated rings. The lowest BCUT2D eigenvalue weighted by molar-refractivity contribution is 0.0959. The zero-order chi connectivity index (χ0) is 17.7. The molecule has 1 aliphatic heterocycles. The highest BCUT2D eigenvalue weighted by Gasteiger charge is 2.29. The summed E-state index contributed by atoms with van der Waals surface area (Å²) < 4.78 is 6.05. The average Bonchev–Trinajstić information content (AvgIpc) is 2.96. The summed E-state index contributed by atoms with van der Waals surface area (Å²) in [4.78, 5) is 15.1. The Morgan fingerprint density at radius 1 is 1.12 bits per heavy atom. The first kappa shape index (κ1) is 18.3. The van der Waals surface area contributed by atoms with Crippen molar-refractivity contribution in [2.24, 2.45) is 0 Å². The Hall–Kier alpha value is -2.46. The summed E-state index contributed by atoms with van der Waals surface area (Å²) in [5, 5.41) is 1.05. The van der Waals surface area contributed by atoms with Crippen molar-refractivity contribution in [3.05, 3.63) is 58.3 Å². The maximum absolute atomic E-state index is 13.3. The first-order valence-electron chi connectivity index (χ1n) is 8.67. The second-order valence-electron chi connectivity index (χ2n) is 6.86. The number of halogens is 1. The molecule has 2 aromatic carbocycles. The smallest absolute Gasteiger partial charge is 0.294 e. The third-order valence-electron chi connectivity index (χ3n) is 5.21. The van der Waals surface area contributed by atoms with Crippen LogP contribution in [-0.4, -0.2) is 12.5 Å². The highest BCUT2D eigenvalue weighted by Crippen LogP contribution is 2.35. The van der Waals surface area contributed by atoms with E-state index in [1.54, 1.807) is 0 Å². The summed E-state index contributed by atoms with van der Waals surface area (Å²) in [6, 6.07) is 9.87. The molecule has 1 aromatic heterocycles. The van der Waals surface area contributed by atoms with E-state index < -0.39 is 0 Å². The van der Waals surface area contributed by atoms with Crippen molar-refractivity contribution in [1.29, 1.82) is 0 Å². The van der Waals surface area contributed by atoms with Crippen molar-refractivity contribution in [1.82, 2.24) is 0 Å². The number of anilines is 2. The third kappa shape index (κ3) is 2.65. The largest absolute Gasteiger partial charge is 0.450 e. The van der Waals surface area contributed by atoms with E-state index in [4.69, 9.17) is 10.2 Å². The number of benzene rings is 2. The monoisotopic (exact) mass is 370 g/mol. The average molecular weight is 371 g/mol. The summed E-state index contributed by atoms with van der Waals surface area (Å²) in [5.74, 6) is 0.349. The molecule has 0 radical (unpaired) electrons. The summed E-state index contributed by atoms with van der Waals surface area (Å²) in [7, 11) is 0. The molecule has 0 aliphatic carbocycles. The van der Waals surface area contributed by atoms with E-state index in [9.17, 15) is 4.79 Å². The number of hydrogen-bond acceptors (Lipinski definition) is 3. The molecule has 5 heteroatoms. The van der Waals surface area contributed by atoms with E-state index in [-0.39, 0.29) is 18.3 Å². The van der Waals surface area contributed by atoms with E-state index in [0.29, 0.717) is 12.3 Å². The van der Waals surface area contributed by atoms with Crippen LogP contribution in [0.5, 0.6) is 0 Å². The Labute approximate surface area is 159 Å². The Bertz CT molecular complexity index is 1010. The molecule has 2 heterocycles. The first-order chi connectivity index (χ1) is 12.0. The number of amides is 1. The van der Waals surface area contributed by atoms with Gasteiger partial charge in [-0.05, 0) is 62.4 Å². The fourth-order valence-electron chi connectivity index (χ4n) is 3.86. The van der Waals surface area contributed by atoms with Crippen LogP contribution in [0, 0.1) is 20.8 Å². The van der Waals surface area contributed by atoms with E-state index in [0.717, 1.165) is 57.4 Å². The number of fused-ring (bicyclic) bond motifs is 2. The summed E-state index contributed by atoms with van der Waals surface area (Å²) >= 11 is 0. The van der Waals surface area contributed by atoms with Crippen LogP contribution in [0.25, 0.3) is 11.0 Å². The van der Waals surface area contributed by atoms with E-state index in [1.807, 2.05) is 43.0 Å². The maximum atomic E-state index is 13.3. The molecule has 3 aromatic rings. The van der Waals surface area contributed by atoms with Crippen LogP contribution in [0.4, 0.5) is 11.4 Å². The number of rotatable bonds is 1. The van der Waals surface area contributed by atoms with Gasteiger partial charge in [0.2, 0.25) is 0 Å². The molecule has 4 rings (SSSR count). The fourth-order valence-corrected chi connectivity index (χ4v) is 3.86. The Morgan fingerprint density at radius 3 is 2.58 bits per heavy atom. The highest BCUT2D eigenvalue weighted by molar-refractivity contribution is 6.09. The number of hydrogen-bond donors (Lipinski definition) is 1. The normalized spacial score (nSPS) is 13.4. The van der Waals surface area contributed by atoms with Crippen molar-refractivity contribution >= 4 is 40.7 Å². The van der Waals surface area contributed by atoms with Gasteiger partial charge in [-0.3, -0.25) is 4.79 Å². The molecule has 1 amide bonds. The summed E-state index contributed by atoms with van der Waals surface area (Å²) in [6.07, 6.45) is 1.81. The van der Waals surface area contributed by atoms with Gasteiger partial charge in [0.15, 0.2) is 5.76 Å². The van der Waals surface area contributed by atoms with Crippen molar-refractivity contribution in [2.75, 3.05) is 17.2 Å². The predicted octanol–water partition coefficient (Wildman–Crippen LogP) is 4.96. The van der Waals surface area contributed by atoms with Crippen LogP contribution < -0.4 is 10.6 Å². The van der Waals surface area contributed by atoms with Crippen molar-refractivity contribution < 1.29 is 9.21 Å². The number of nitrogens with zero attached hydrogens (tertiary/aromatic N) is 1. The highest BCUT2D eigenvalue weighted by atomic mass is 35.5. The zero-order valence-corrected chi connectivity index (χ0v) is 16.1. The van der Waals surface area contributed by atoms with Gasteiger partial charge in [-0.2, -0.15) is 0 Å². The second-order valence-corrected chi connectivity index (χ2v) is 6.86. The second kappa shape index (κ2) is 6.69. The molecule has 0 bridgehead atoms. The molecule has 4 nitrogen and oxygen atoms in total. The quantitative estimate of drug-likeness (QED) is 0.616. The van der Waals surface area contributed by atoms with Crippen LogP contribution in [0.2, 0.25) is 0 Å². The molecule has 0 saturated carbocycles. The van der Waals surface area contributed by atoms with Gasteiger partial charge in [-0.15, -0.1) is 12.4 Å². The Morgan fingerprint density at radius 2 is 1.85 bits per heavy atom. The minimum atomic E-state index is -0.0842. The summed E-state index contributed by atoms with van der Waals surface area (Å²) in [5.41, 5.74) is 12.7. The Balaban J connectivity index is 0.00000196. The molecule has 2 N–H and O–H groups in total. The number of nitrogen functional groups attached to an aromatic ring is 1. The Kier molecular flexibility index (Phi) is 4.72. The van der Waals surface area contributed by atoms with Gasteiger partial charge in [0.1, 0.15) is 5.58 Å². The predicted molar refractivity (Wildman–Crippen MR) is 109 cm³/mol. The van der Waals surface area contributed by atoms with E-state index in [2.05, 4.69) is 13.0 Å². The number of aryl methyl sites for hydroxylation is 3. The standard InChI is InChI=1S/C21H22N2O2.ClH/c1-12-9-10-13(2)19-18(12)14(3)20(25-19)21(24)23-11-5-6-15-16(22)7-4-8-17(15)23;/h4,7-10H,5-6,11,22H2,1-3H3;1H. The molecule has 1 aliphatic rings. The molecule has 26 heavy (non-hydrogen) atoms. The molecular formula is C21H23ClN2O2. The van der Waals surface area contributed by atoms with E-state index in [1.165, 1.54) is 0 Å². The molecule has 0 unspecified atom stereocenters. The number of carbonyl (C=O) groups is 1. The molecule has 0 spiro atoms. The van der Waals surface area contributed by atoms with Crippen LogP contribution in [-0.2, 0) is 6.42 Å². The number of carbonyl (C=O) groups excluding carboxylic acids is 1. The van der Waals surface area contributed by atoms with Gasteiger partial charge in [-0.25, -0.2) is 0 Å². The van der Waals surface area contributed by atoms with Gasteiger partial charge in [0.25, 0.3) is 5.91 Å². The van der Waals surface area contributed by atoms with Gasteiger partial charge in [0, 0.05) is 28.9 Å². The van der Waals surface area contributed by atoms with E-state index >= 15 is 0 Å². The van der Waals surface area contributed by atoms with Gasteiger partial charge in [0.05, 0.1) is 0 Å². The minimum absolute atomic E-state index is 0. The third-order valence-corrected chi connectivity index (χ3v) is 5.21. The molecular weight excluding hydrogens is 348 g/mol. The van der Waals surface area contributed by atoms with Gasteiger partial charge in [-0.1, -0.05) is 18.2 Å². The lowest BCUT2D eigenvalue weighted by Crippen LogP contribution is -2.35. The van der Waals surface area contributed by atoms with Crippen LogP contribution in [0.1, 0.15) is 39.2 Å². The summed E-state index contributed by atoms with van der Waals surface area (Å²) in [6.45, 7) is 6.71. The van der Waals surface area contributed by atoms with Crippen molar-refractivity contribution in [3.8, 4) is 0 Å². The lowest BCUT2D eigenvalue weighted by Gasteiger charge is -2.29. The molecule has 0 saturated heterocycles. The molecule has 0 atom stereocenters. The van der Waals surface area contributed by atoms with Gasteiger partial charge < -0.3 is 15.1 Å².